The molecule has 2 N–H and O–H groups in total. The van der Waals surface area contributed by atoms with Gasteiger partial charge in [-0.15, -0.1) is 11.3 Å². The van der Waals surface area contributed by atoms with Crippen molar-refractivity contribution in [2.24, 2.45) is 5.41 Å². The van der Waals surface area contributed by atoms with Crippen LogP contribution < -0.4 is 10.6 Å². The van der Waals surface area contributed by atoms with Crippen molar-refractivity contribution in [3.05, 3.63) is 16.1 Å². The van der Waals surface area contributed by atoms with E-state index in [0.717, 1.165) is 64.1 Å². The molecule has 0 atom stereocenters. The van der Waals surface area contributed by atoms with Crippen molar-refractivity contribution in [3.63, 3.8) is 0 Å². The number of nitrogens with zero attached hydrogens (tertiary/aromatic N) is 2. The van der Waals surface area contributed by atoms with Crippen LogP contribution in [-0.4, -0.2) is 54.4 Å². The third-order valence-electron chi connectivity index (χ3n) is 5.96. The summed E-state index contributed by atoms with van der Waals surface area (Å²) in [6.07, 6.45) is 5.17. The monoisotopic (exact) mass is 362 g/mol. The highest BCUT2D eigenvalue weighted by Crippen LogP contribution is 2.37. The summed E-state index contributed by atoms with van der Waals surface area (Å²) in [4.78, 5) is 30.8. The number of hydrogen-bond acceptors (Lipinski definition) is 5. The molecule has 7 heteroatoms. The van der Waals surface area contributed by atoms with Crippen LogP contribution in [0.2, 0.25) is 0 Å². The molecule has 3 aliphatic rings. The van der Waals surface area contributed by atoms with Gasteiger partial charge in [0.1, 0.15) is 0 Å². The van der Waals surface area contributed by atoms with Crippen molar-refractivity contribution >= 4 is 23.2 Å². The van der Waals surface area contributed by atoms with E-state index in [-0.39, 0.29) is 17.2 Å². The maximum Gasteiger partial charge on any atom is 0.228 e. The number of rotatable bonds is 3. The normalized spacial score (nSPS) is 23.8. The van der Waals surface area contributed by atoms with Crippen LogP contribution in [0.25, 0.3) is 0 Å². The van der Waals surface area contributed by atoms with E-state index in [1.807, 2.05) is 4.90 Å². The van der Waals surface area contributed by atoms with E-state index >= 15 is 0 Å². The molecule has 1 aromatic heterocycles. The van der Waals surface area contributed by atoms with E-state index in [9.17, 15) is 9.59 Å². The van der Waals surface area contributed by atoms with E-state index in [0.29, 0.717) is 18.8 Å². The maximum atomic E-state index is 12.6. The highest BCUT2D eigenvalue weighted by molar-refractivity contribution is 7.09. The molecule has 3 fully saturated rings. The zero-order valence-electron chi connectivity index (χ0n) is 14.6. The number of amides is 2. The van der Waals surface area contributed by atoms with Crippen LogP contribution in [0.1, 0.15) is 48.7 Å². The fourth-order valence-electron chi connectivity index (χ4n) is 4.26. The van der Waals surface area contributed by atoms with Gasteiger partial charge in [0.25, 0.3) is 0 Å². The van der Waals surface area contributed by atoms with E-state index < -0.39 is 0 Å². The summed E-state index contributed by atoms with van der Waals surface area (Å²) in [5.41, 5.74) is 1.01. The lowest BCUT2D eigenvalue weighted by Gasteiger charge is -2.38. The first-order valence-corrected chi connectivity index (χ1v) is 10.2. The third-order valence-corrected chi connectivity index (χ3v) is 7.02. The molecule has 1 spiro atoms. The van der Waals surface area contributed by atoms with Gasteiger partial charge in [0.15, 0.2) is 0 Å². The number of hydrogen-bond donors (Lipinski definition) is 2. The predicted octanol–water partition coefficient (Wildman–Crippen LogP) is 1.28. The Morgan fingerprint density at radius 1 is 1.32 bits per heavy atom. The Morgan fingerprint density at radius 2 is 2.08 bits per heavy atom. The topological polar surface area (TPSA) is 74.3 Å². The van der Waals surface area contributed by atoms with Gasteiger partial charge in [-0.25, -0.2) is 4.98 Å². The smallest absolute Gasteiger partial charge is 0.228 e. The third kappa shape index (κ3) is 3.72. The lowest BCUT2D eigenvalue weighted by atomic mass is 9.77. The fourth-order valence-corrected chi connectivity index (χ4v) is 5.25. The van der Waals surface area contributed by atoms with Gasteiger partial charge >= 0.3 is 0 Å². The van der Waals surface area contributed by atoms with Crippen molar-refractivity contribution in [3.8, 4) is 0 Å². The Labute approximate surface area is 152 Å². The van der Waals surface area contributed by atoms with Gasteiger partial charge in [0, 0.05) is 37.4 Å². The molecule has 0 radical (unpaired) electrons. The van der Waals surface area contributed by atoms with Crippen molar-refractivity contribution in [1.29, 1.82) is 0 Å². The molecule has 2 amide bonds. The number of carbonyl (C=O) groups excluding carboxylic acids is 2. The van der Waals surface area contributed by atoms with Crippen LogP contribution >= 0.6 is 11.3 Å². The van der Waals surface area contributed by atoms with Crippen LogP contribution in [0.15, 0.2) is 5.38 Å². The standard InChI is InChI=1S/C18H26N4O2S/c23-15-10-18(12-20-15)3-7-22(8-4-18)16(24)9-14-11-25-17(21-14)13-1-5-19-6-2-13/h11,13,19H,1-10,12H2,(H,20,23). The highest BCUT2D eigenvalue weighted by atomic mass is 32.1. The fraction of sp³-hybridized carbons (Fsp3) is 0.722. The molecular formula is C18H26N4O2S. The first-order valence-electron chi connectivity index (χ1n) is 9.33. The molecule has 0 saturated carbocycles. The summed E-state index contributed by atoms with van der Waals surface area (Å²) in [7, 11) is 0. The molecule has 25 heavy (non-hydrogen) atoms. The minimum absolute atomic E-state index is 0.0939. The Hall–Kier alpha value is -1.47. The lowest BCUT2D eigenvalue weighted by Crippen LogP contribution is -2.44. The Bertz CT molecular complexity index is 645. The van der Waals surface area contributed by atoms with E-state index in [2.05, 4.69) is 16.0 Å². The summed E-state index contributed by atoms with van der Waals surface area (Å²) in [5.74, 6) is 0.888. The van der Waals surface area contributed by atoms with Crippen LogP contribution in [0.4, 0.5) is 0 Å². The Balaban J connectivity index is 1.30. The Kier molecular flexibility index (Phi) is 4.78. The van der Waals surface area contributed by atoms with Crippen molar-refractivity contribution < 1.29 is 9.59 Å². The average Bonchev–Trinajstić information content (AvgIpc) is 3.24. The van der Waals surface area contributed by atoms with E-state index in [1.54, 1.807) is 11.3 Å². The largest absolute Gasteiger partial charge is 0.356 e. The van der Waals surface area contributed by atoms with Crippen molar-refractivity contribution in [2.45, 2.75) is 44.4 Å². The summed E-state index contributed by atoms with van der Waals surface area (Å²) < 4.78 is 0. The number of nitrogens with one attached hydrogen (secondary N) is 2. The molecule has 0 unspecified atom stereocenters. The molecule has 0 bridgehead atoms. The van der Waals surface area contributed by atoms with Crippen LogP contribution in [0.3, 0.4) is 0 Å². The summed E-state index contributed by atoms with van der Waals surface area (Å²) >= 11 is 1.70. The molecule has 4 heterocycles. The Morgan fingerprint density at radius 3 is 2.76 bits per heavy atom. The van der Waals surface area contributed by atoms with Gasteiger partial charge in [-0.3, -0.25) is 9.59 Å². The highest BCUT2D eigenvalue weighted by Gasteiger charge is 2.41. The summed E-state index contributed by atoms with van der Waals surface area (Å²) in [6.45, 7) is 4.43. The van der Waals surface area contributed by atoms with Gasteiger partial charge in [0.2, 0.25) is 11.8 Å². The lowest BCUT2D eigenvalue weighted by molar-refractivity contribution is -0.132. The second kappa shape index (κ2) is 7.03. The van der Waals surface area contributed by atoms with Crippen LogP contribution in [0, 0.1) is 5.41 Å². The zero-order valence-corrected chi connectivity index (χ0v) is 15.4. The first-order chi connectivity index (χ1) is 12.1. The molecular weight excluding hydrogens is 336 g/mol. The molecule has 3 saturated heterocycles. The molecule has 4 rings (SSSR count). The van der Waals surface area contributed by atoms with E-state index in [1.165, 1.54) is 5.01 Å². The summed E-state index contributed by atoms with van der Waals surface area (Å²) in [5, 5.41) is 9.57. The molecule has 136 valence electrons. The molecule has 0 aromatic carbocycles. The predicted molar refractivity (Wildman–Crippen MR) is 96.5 cm³/mol. The van der Waals surface area contributed by atoms with Crippen LogP contribution in [0.5, 0.6) is 0 Å². The second-order valence-corrected chi connectivity index (χ2v) is 8.60. The van der Waals surface area contributed by atoms with Crippen molar-refractivity contribution in [1.82, 2.24) is 20.5 Å². The minimum atomic E-state index is 0.0939. The molecule has 0 aliphatic carbocycles. The van der Waals surface area contributed by atoms with E-state index in [4.69, 9.17) is 4.98 Å². The molecule has 1 aromatic rings. The second-order valence-electron chi connectivity index (χ2n) is 7.71. The van der Waals surface area contributed by atoms with Crippen molar-refractivity contribution in [2.75, 3.05) is 32.7 Å². The van der Waals surface area contributed by atoms with Gasteiger partial charge in [-0.1, -0.05) is 0 Å². The van der Waals surface area contributed by atoms with Gasteiger partial charge in [-0.2, -0.15) is 0 Å². The maximum absolute atomic E-state index is 12.6. The number of piperidine rings is 2. The minimum Gasteiger partial charge on any atom is -0.356 e. The van der Waals surface area contributed by atoms with Gasteiger partial charge in [0.05, 0.1) is 17.1 Å². The summed E-state index contributed by atoms with van der Waals surface area (Å²) in [6, 6.07) is 0. The molecule has 3 aliphatic heterocycles. The van der Waals surface area contributed by atoms with Gasteiger partial charge in [-0.05, 0) is 44.2 Å². The number of aromatic nitrogens is 1. The van der Waals surface area contributed by atoms with Crippen LogP contribution in [-0.2, 0) is 16.0 Å². The quantitative estimate of drug-likeness (QED) is 0.850. The number of likely N-dealkylation sites (tertiary alicyclic amines) is 1. The SMILES string of the molecule is O=C1CC2(CCN(C(=O)Cc3csc(C4CCNCC4)n3)CC2)CN1. The average molecular weight is 362 g/mol. The number of thiazole rings is 1. The van der Waals surface area contributed by atoms with Gasteiger partial charge < -0.3 is 15.5 Å². The first kappa shape index (κ1) is 17.0. The molecule has 6 nitrogen and oxygen atoms in total. The zero-order chi connectivity index (χ0) is 17.3. The number of carbonyl (C=O) groups is 2.